The SMILES string of the molecule is CCOC(=O)C(N)C(=O)NCCCCOC(C)C. The van der Waals surface area contributed by atoms with Crippen LogP contribution in [0.3, 0.4) is 0 Å². The lowest BCUT2D eigenvalue weighted by molar-refractivity contribution is -0.147. The molecule has 0 radical (unpaired) electrons. The number of carbonyl (C=O) groups is 2. The molecule has 6 heteroatoms. The first-order chi connectivity index (χ1) is 8.49. The second kappa shape index (κ2) is 9.85. The van der Waals surface area contributed by atoms with Crippen LogP contribution >= 0.6 is 0 Å². The molecule has 0 aliphatic rings. The summed E-state index contributed by atoms with van der Waals surface area (Å²) in [5, 5.41) is 2.59. The molecule has 0 heterocycles. The monoisotopic (exact) mass is 260 g/mol. The lowest BCUT2D eigenvalue weighted by Crippen LogP contribution is -2.47. The predicted molar refractivity (Wildman–Crippen MR) is 67.9 cm³/mol. The number of carbonyl (C=O) groups excluding carboxylic acids is 2. The van der Waals surface area contributed by atoms with Crippen LogP contribution in [-0.2, 0) is 19.1 Å². The van der Waals surface area contributed by atoms with E-state index < -0.39 is 17.9 Å². The number of nitrogens with two attached hydrogens (primary N) is 1. The average molecular weight is 260 g/mol. The molecule has 0 aromatic carbocycles. The van der Waals surface area contributed by atoms with Gasteiger partial charge in [0.25, 0.3) is 0 Å². The Morgan fingerprint density at radius 2 is 1.94 bits per heavy atom. The van der Waals surface area contributed by atoms with E-state index in [1.54, 1.807) is 6.92 Å². The first-order valence-electron chi connectivity index (χ1n) is 6.30. The second-order valence-corrected chi connectivity index (χ2v) is 4.15. The number of hydrogen-bond acceptors (Lipinski definition) is 5. The van der Waals surface area contributed by atoms with Crippen LogP contribution in [0.2, 0.25) is 0 Å². The Morgan fingerprint density at radius 3 is 2.50 bits per heavy atom. The van der Waals surface area contributed by atoms with Crippen LogP contribution in [0.1, 0.15) is 33.6 Å². The summed E-state index contributed by atoms with van der Waals surface area (Å²) >= 11 is 0. The minimum absolute atomic E-state index is 0.215. The number of amides is 1. The maximum absolute atomic E-state index is 11.4. The van der Waals surface area contributed by atoms with Crippen molar-refractivity contribution < 1.29 is 19.1 Å². The Kier molecular flexibility index (Phi) is 9.22. The van der Waals surface area contributed by atoms with Crippen LogP contribution in [-0.4, -0.2) is 43.8 Å². The van der Waals surface area contributed by atoms with E-state index in [0.717, 1.165) is 12.8 Å². The van der Waals surface area contributed by atoms with Crippen molar-refractivity contribution in [1.29, 1.82) is 0 Å². The highest BCUT2D eigenvalue weighted by Gasteiger charge is 2.22. The summed E-state index contributed by atoms with van der Waals surface area (Å²) in [7, 11) is 0. The lowest BCUT2D eigenvalue weighted by atomic mass is 10.2. The molecule has 3 N–H and O–H groups in total. The summed E-state index contributed by atoms with van der Waals surface area (Å²) < 4.78 is 10.0. The van der Waals surface area contributed by atoms with E-state index in [9.17, 15) is 9.59 Å². The highest BCUT2D eigenvalue weighted by molar-refractivity contribution is 6.01. The fourth-order valence-corrected chi connectivity index (χ4v) is 1.21. The Bertz CT molecular complexity index is 256. The van der Waals surface area contributed by atoms with Gasteiger partial charge in [-0.1, -0.05) is 0 Å². The number of ether oxygens (including phenoxy) is 2. The molecule has 0 aliphatic carbocycles. The van der Waals surface area contributed by atoms with Gasteiger partial charge in [-0.3, -0.25) is 4.79 Å². The molecule has 0 aromatic rings. The van der Waals surface area contributed by atoms with Crippen LogP contribution in [0.15, 0.2) is 0 Å². The van der Waals surface area contributed by atoms with Gasteiger partial charge in [0.05, 0.1) is 12.7 Å². The lowest BCUT2D eigenvalue weighted by Gasteiger charge is -2.11. The van der Waals surface area contributed by atoms with Crippen molar-refractivity contribution in [1.82, 2.24) is 5.32 Å². The molecule has 0 aromatic heterocycles. The summed E-state index contributed by atoms with van der Waals surface area (Å²) in [6.45, 7) is 6.97. The average Bonchev–Trinajstić information content (AvgIpc) is 2.32. The Hall–Kier alpha value is -1.14. The number of unbranched alkanes of at least 4 members (excludes halogenated alkanes) is 1. The number of rotatable bonds is 9. The van der Waals surface area contributed by atoms with E-state index in [0.29, 0.717) is 13.2 Å². The molecule has 0 bridgehead atoms. The normalized spacial score (nSPS) is 12.3. The number of hydrogen-bond donors (Lipinski definition) is 2. The maximum Gasteiger partial charge on any atom is 0.332 e. The van der Waals surface area contributed by atoms with Crippen molar-refractivity contribution in [3.63, 3.8) is 0 Å². The van der Waals surface area contributed by atoms with Crippen molar-refractivity contribution in [2.45, 2.75) is 45.8 Å². The molecule has 0 aliphatic heterocycles. The van der Waals surface area contributed by atoms with Crippen LogP contribution in [0.4, 0.5) is 0 Å². The van der Waals surface area contributed by atoms with Gasteiger partial charge in [-0.15, -0.1) is 0 Å². The predicted octanol–water partition coefficient (Wildman–Crippen LogP) is 0.198. The van der Waals surface area contributed by atoms with Gasteiger partial charge in [0, 0.05) is 13.2 Å². The van der Waals surface area contributed by atoms with E-state index in [1.165, 1.54) is 0 Å². The molecule has 6 nitrogen and oxygen atoms in total. The van der Waals surface area contributed by atoms with E-state index in [-0.39, 0.29) is 12.7 Å². The Balaban J connectivity index is 3.61. The van der Waals surface area contributed by atoms with Crippen LogP contribution < -0.4 is 11.1 Å². The van der Waals surface area contributed by atoms with Crippen molar-refractivity contribution in [3.05, 3.63) is 0 Å². The van der Waals surface area contributed by atoms with Crippen LogP contribution in [0.25, 0.3) is 0 Å². The molecule has 1 amide bonds. The molecule has 1 atom stereocenters. The first kappa shape index (κ1) is 16.9. The second-order valence-electron chi connectivity index (χ2n) is 4.15. The van der Waals surface area contributed by atoms with Gasteiger partial charge in [0.15, 0.2) is 6.04 Å². The summed E-state index contributed by atoms with van der Waals surface area (Å²) in [4.78, 5) is 22.6. The summed E-state index contributed by atoms with van der Waals surface area (Å²) in [5.74, 6) is -1.20. The quantitative estimate of drug-likeness (QED) is 0.351. The largest absolute Gasteiger partial charge is 0.464 e. The third-order valence-corrected chi connectivity index (χ3v) is 2.14. The number of esters is 1. The molecular weight excluding hydrogens is 236 g/mol. The minimum Gasteiger partial charge on any atom is -0.464 e. The highest BCUT2D eigenvalue weighted by atomic mass is 16.5. The van der Waals surface area contributed by atoms with Crippen molar-refractivity contribution in [2.75, 3.05) is 19.8 Å². The third kappa shape index (κ3) is 8.03. The summed E-state index contributed by atoms with van der Waals surface area (Å²) in [6.07, 6.45) is 1.86. The molecule has 0 rings (SSSR count). The standard InChI is InChI=1S/C12H24N2O4/c1-4-17-12(16)10(13)11(15)14-7-5-6-8-18-9(2)3/h9-10H,4-8,13H2,1-3H3,(H,14,15). The van der Waals surface area contributed by atoms with Gasteiger partial charge in [-0.05, 0) is 33.6 Å². The van der Waals surface area contributed by atoms with Crippen molar-refractivity contribution in [2.24, 2.45) is 5.73 Å². The third-order valence-electron chi connectivity index (χ3n) is 2.14. The molecule has 0 spiro atoms. The molecule has 0 saturated carbocycles. The smallest absolute Gasteiger partial charge is 0.332 e. The fourth-order valence-electron chi connectivity index (χ4n) is 1.21. The first-order valence-corrected chi connectivity index (χ1v) is 6.30. The highest BCUT2D eigenvalue weighted by Crippen LogP contribution is 1.94. The van der Waals surface area contributed by atoms with Gasteiger partial charge in [-0.25, -0.2) is 4.79 Å². The van der Waals surface area contributed by atoms with Gasteiger partial charge in [0.2, 0.25) is 5.91 Å². The van der Waals surface area contributed by atoms with E-state index >= 15 is 0 Å². The van der Waals surface area contributed by atoms with E-state index in [1.807, 2.05) is 13.8 Å². The van der Waals surface area contributed by atoms with Gasteiger partial charge >= 0.3 is 5.97 Å². The zero-order chi connectivity index (χ0) is 14.0. The minimum atomic E-state index is -1.24. The van der Waals surface area contributed by atoms with Crippen molar-refractivity contribution >= 4 is 11.9 Å². The molecule has 106 valence electrons. The fraction of sp³-hybridized carbons (Fsp3) is 0.833. The summed E-state index contributed by atoms with van der Waals surface area (Å²) in [6, 6.07) is -1.24. The summed E-state index contributed by atoms with van der Waals surface area (Å²) in [5.41, 5.74) is 5.42. The van der Waals surface area contributed by atoms with Gasteiger partial charge in [-0.2, -0.15) is 0 Å². The van der Waals surface area contributed by atoms with Gasteiger partial charge in [0.1, 0.15) is 0 Å². The zero-order valence-corrected chi connectivity index (χ0v) is 11.4. The van der Waals surface area contributed by atoms with Crippen LogP contribution in [0.5, 0.6) is 0 Å². The zero-order valence-electron chi connectivity index (χ0n) is 11.4. The molecule has 1 unspecified atom stereocenters. The maximum atomic E-state index is 11.4. The Labute approximate surface area is 108 Å². The van der Waals surface area contributed by atoms with E-state index in [4.69, 9.17) is 10.5 Å². The van der Waals surface area contributed by atoms with Gasteiger partial charge < -0.3 is 20.5 Å². The number of nitrogens with one attached hydrogen (secondary N) is 1. The molecule has 0 saturated heterocycles. The van der Waals surface area contributed by atoms with Crippen LogP contribution in [0, 0.1) is 0 Å². The molecule has 18 heavy (non-hydrogen) atoms. The van der Waals surface area contributed by atoms with E-state index in [2.05, 4.69) is 10.1 Å². The molecular formula is C12H24N2O4. The topological polar surface area (TPSA) is 90.7 Å². The van der Waals surface area contributed by atoms with Crippen molar-refractivity contribution in [3.8, 4) is 0 Å². The molecule has 0 fully saturated rings. The Morgan fingerprint density at radius 1 is 1.28 bits per heavy atom.